The molecule has 0 saturated heterocycles. The molecule has 2 aliphatic heterocycles. The van der Waals surface area contributed by atoms with Crippen LogP contribution in [0, 0.1) is 0 Å². The fraction of sp³-hybridized carbons (Fsp3) is 0.240. The molecule has 3 aromatic rings. The minimum absolute atomic E-state index is 0.117. The fourth-order valence-electron chi connectivity index (χ4n) is 4.18. The van der Waals surface area contributed by atoms with Crippen LogP contribution in [0.3, 0.4) is 0 Å². The molecule has 0 aromatic heterocycles. The van der Waals surface area contributed by atoms with E-state index in [4.69, 9.17) is 19.3 Å². The molecule has 0 radical (unpaired) electrons. The molecule has 31 heavy (non-hydrogen) atoms. The predicted molar refractivity (Wildman–Crippen MR) is 124 cm³/mol. The van der Waals surface area contributed by atoms with Gasteiger partial charge in [-0.2, -0.15) is 5.10 Å². The smallest absolute Gasteiger partial charge is 0.214 e. The van der Waals surface area contributed by atoms with Gasteiger partial charge in [0.05, 0.1) is 25.5 Å². The molecule has 0 unspecified atom stereocenters. The number of ether oxygens (including phenoxy) is 3. The van der Waals surface area contributed by atoms with Crippen molar-refractivity contribution < 1.29 is 14.2 Å². The summed E-state index contributed by atoms with van der Waals surface area (Å²) in [6, 6.07) is 22.6. The van der Waals surface area contributed by atoms with E-state index in [1.54, 1.807) is 7.11 Å². The molecule has 0 saturated carbocycles. The normalized spacial score (nSPS) is 19.2. The van der Waals surface area contributed by atoms with Crippen LogP contribution < -0.4 is 14.2 Å². The van der Waals surface area contributed by atoms with Gasteiger partial charge in [0, 0.05) is 22.0 Å². The summed E-state index contributed by atoms with van der Waals surface area (Å²) >= 11 is 3.51. The zero-order valence-electron chi connectivity index (χ0n) is 17.4. The van der Waals surface area contributed by atoms with E-state index in [-0.39, 0.29) is 12.3 Å². The minimum atomic E-state index is -0.350. The number of methoxy groups -OCH3 is 1. The summed E-state index contributed by atoms with van der Waals surface area (Å²) in [7, 11) is 1.65. The Kier molecular flexibility index (Phi) is 5.32. The van der Waals surface area contributed by atoms with Crippen molar-refractivity contribution in [2.45, 2.75) is 25.6 Å². The Balaban J connectivity index is 1.56. The zero-order valence-corrected chi connectivity index (χ0v) is 19.0. The summed E-state index contributed by atoms with van der Waals surface area (Å²) in [5.41, 5.74) is 4.31. The van der Waals surface area contributed by atoms with Crippen LogP contribution in [0.2, 0.25) is 0 Å². The summed E-state index contributed by atoms with van der Waals surface area (Å²) < 4.78 is 18.8. The molecule has 5 rings (SSSR count). The topological polar surface area (TPSA) is 43.3 Å². The molecule has 5 nitrogen and oxygen atoms in total. The summed E-state index contributed by atoms with van der Waals surface area (Å²) in [6.07, 6.45) is 0.476. The molecule has 0 spiro atoms. The molecule has 0 amide bonds. The fourth-order valence-corrected chi connectivity index (χ4v) is 4.45. The highest BCUT2D eigenvalue weighted by Gasteiger charge is 2.41. The Morgan fingerprint density at radius 3 is 2.65 bits per heavy atom. The van der Waals surface area contributed by atoms with E-state index in [0.29, 0.717) is 12.4 Å². The molecule has 6 heteroatoms. The second-order valence-corrected chi connectivity index (χ2v) is 8.42. The Labute approximate surface area is 190 Å². The molecule has 2 aliphatic rings. The Hall–Kier alpha value is -2.99. The minimum Gasteiger partial charge on any atom is -0.493 e. The third-order valence-electron chi connectivity index (χ3n) is 5.65. The SMILES string of the molecule is CCOc1ccc([C@@H]2Oc3ccccc3[C@H]3CC(c4ccc(Br)cc4)=NN32)cc1OC. The summed E-state index contributed by atoms with van der Waals surface area (Å²) in [4.78, 5) is 0. The number of para-hydroxylation sites is 1. The maximum atomic E-state index is 6.45. The maximum Gasteiger partial charge on any atom is 0.214 e. The highest BCUT2D eigenvalue weighted by atomic mass is 79.9. The van der Waals surface area contributed by atoms with Gasteiger partial charge in [-0.3, -0.25) is 0 Å². The van der Waals surface area contributed by atoms with Gasteiger partial charge in [0.25, 0.3) is 0 Å². The highest BCUT2D eigenvalue weighted by molar-refractivity contribution is 9.10. The average molecular weight is 479 g/mol. The van der Waals surface area contributed by atoms with Gasteiger partial charge in [0.2, 0.25) is 6.23 Å². The van der Waals surface area contributed by atoms with Gasteiger partial charge in [-0.05, 0) is 48.9 Å². The van der Waals surface area contributed by atoms with Crippen LogP contribution in [-0.4, -0.2) is 24.4 Å². The van der Waals surface area contributed by atoms with Crippen molar-refractivity contribution in [2.24, 2.45) is 5.10 Å². The predicted octanol–water partition coefficient (Wildman–Crippen LogP) is 6.10. The van der Waals surface area contributed by atoms with E-state index in [2.05, 4.69) is 57.3 Å². The lowest BCUT2D eigenvalue weighted by Crippen LogP contribution is -2.33. The third-order valence-corrected chi connectivity index (χ3v) is 6.18. The van der Waals surface area contributed by atoms with Crippen LogP contribution in [0.4, 0.5) is 0 Å². The van der Waals surface area contributed by atoms with Gasteiger partial charge in [0.15, 0.2) is 11.5 Å². The Bertz CT molecular complexity index is 1130. The lowest BCUT2D eigenvalue weighted by atomic mass is 9.96. The van der Waals surface area contributed by atoms with Gasteiger partial charge in [-0.15, -0.1) is 0 Å². The van der Waals surface area contributed by atoms with Crippen molar-refractivity contribution in [3.05, 3.63) is 87.9 Å². The molecule has 2 atom stereocenters. The summed E-state index contributed by atoms with van der Waals surface area (Å²) in [5, 5.41) is 7.10. The van der Waals surface area contributed by atoms with Crippen LogP contribution in [0.25, 0.3) is 0 Å². The van der Waals surface area contributed by atoms with Crippen LogP contribution in [0.15, 0.2) is 76.3 Å². The third kappa shape index (κ3) is 3.65. The average Bonchev–Trinajstić information content (AvgIpc) is 3.25. The first-order valence-corrected chi connectivity index (χ1v) is 11.1. The molecule has 0 N–H and O–H groups in total. The monoisotopic (exact) mass is 478 g/mol. The number of hydrogen-bond donors (Lipinski definition) is 0. The number of rotatable bonds is 5. The summed E-state index contributed by atoms with van der Waals surface area (Å²) in [6.45, 7) is 2.54. The second-order valence-electron chi connectivity index (χ2n) is 7.50. The molecule has 158 valence electrons. The van der Waals surface area contributed by atoms with E-state index >= 15 is 0 Å². The number of benzene rings is 3. The largest absolute Gasteiger partial charge is 0.493 e. The van der Waals surface area contributed by atoms with E-state index in [1.807, 2.05) is 37.3 Å². The molecule has 2 heterocycles. The first kappa shape index (κ1) is 19.9. The number of fused-ring (bicyclic) bond motifs is 3. The molecule has 0 bridgehead atoms. The first-order chi connectivity index (χ1) is 15.2. The van der Waals surface area contributed by atoms with Gasteiger partial charge in [-0.1, -0.05) is 46.3 Å². The highest BCUT2D eigenvalue weighted by Crippen LogP contribution is 2.48. The lowest BCUT2D eigenvalue weighted by molar-refractivity contribution is -0.0191. The molecule has 0 fully saturated rings. The number of halogens is 1. The van der Waals surface area contributed by atoms with Crippen molar-refractivity contribution >= 4 is 21.6 Å². The van der Waals surface area contributed by atoms with Gasteiger partial charge in [0.1, 0.15) is 5.75 Å². The molecule has 3 aromatic carbocycles. The standard InChI is InChI=1S/C25H23BrN2O3/c1-3-30-23-13-10-17(14-24(23)29-2)25-28-21(19-6-4-5-7-22(19)31-25)15-20(27-28)16-8-11-18(26)12-9-16/h4-14,21,25H,3,15H2,1-2H3/t21-,25+/m1/s1. The van der Waals surface area contributed by atoms with Crippen molar-refractivity contribution in [2.75, 3.05) is 13.7 Å². The number of nitrogens with zero attached hydrogens (tertiary/aromatic N) is 2. The van der Waals surface area contributed by atoms with Crippen LogP contribution >= 0.6 is 15.9 Å². The Morgan fingerprint density at radius 2 is 1.87 bits per heavy atom. The lowest BCUT2D eigenvalue weighted by Gasteiger charge is -2.38. The second kappa shape index (κ2) is 8.27. The van der Waals surface area contributed by atoms with Gasteiger partial charge >= 0.3 is 0 Å². The zero-order chi connectivity index (χ0) is 21.4. The van der Waals surface area contributed by atoms with E-state index < -0.39 is 0 Å². The quantitative estimate of drug-likeness (QED) is 0.444. The number of hydrazone groups is 1. The van der Waals surface area contributed by atoms with E-state index in [9.17, 15) is 0 Å². The molecular weight excluding hydrogens is 456 g/mol. The number of hydrogen-bond acceptors (Lipinski definition) is 5. The van der Waals surface area contributed by atoms with E-state index in [1.165, 1.54) is 0 Å². The van der Waals surface area contributed by atoms with E-state index in [0.717, 1.165) is 44.8 Å². The van der Waals surface area contributed by atoms with Crippen molar-refractivity contribution in [3.8, 4) is 17.2 Å². The van der Waals surface area contributed by atoms with Crippen molar-refractivity contribution in [1.82, 2.24) is 5.01 Å². The summed E-state index contributed by atoms with van der Waals surface area (Å²) in [5.74, 6) is 2.31. The Morgan fingerprint density at radius 1 is 1.06 bits per heavy atom. The van der Waals surface area contributed by atoms with Crippen LogP contribution in [0.1, 0.15) is 42.3 Å². The van der Waals surface area contributed by atoms with Crippen LogP contribution in [0.5, 0.6) is 17.2 Å². The van der Waals surface area contributed by atoms with Crippen LogP contribution in [-0.2, 0) is 0 Å². The van der Waals surface area contributed by atoms with Gasteiger partial charge < -0.3 is 14.2 Å². The maximum absolute atomic E-state index is 6.45. The first-order valence-electron chi connectivity index (χ1n) is 10.4. The van der Waals surface area contributed by atoms with Crippen molar-refractivity contribution in [3.63, 3.8) is 0 Å². The molecule has 0 aliphatic carbocycles. The molecular formula is C25H23BrN2O3. The van der Waals surface area contributed by atoms with Crippen molar-refractivity contribution in [1.29, 1.82) is 0 Å². The van der Waals surface area contributed by atoms with Gasteiger partial charge in [-0.25, -0.2) is 5.01 Å².